The normalized spacial score (nSPS) is 17.6. The Labute approximate surface area is 164 Å². The molecule has 6 heteroatoms. The van der Waals surface area contributed by atoms with Gasteiger partial charge in [0.2, 0.25) is 0 Å². The van der Waals surface area contributed by atoms with Crippen molar-refractivity contribution < 1.29 is 9.53 Å². The SMILES string of the molecule is CC(C)(C)OC(=O)N1CCC=C(c2cnc(Cl)c3[nH]c4c(c23)CCCC4)C1. The fraction of sp³-hybridized carbons (Fsp3) is 0.524. The number of halogens is 1. The molecule has 3 heterocycles. The lowest BCUT2D eigenvalue weighted by Crippen LogP contribution is -2.39. The number of pyridine rings is 1. The molecule has 1 amide bonds. The van der Waals surface area contributed by atoms with Gasteiger partial charge in [0.15, 0.2) is 5.15 Å². The first-order valence-corrected chi connectivity index (χ1v) is 10.1. The zero-order valence-electron chi connectivity index (χ0n) is 16.2. The van der Waals surface area contributed by atoms with E-state index in [1.54, 1.807) is 4.90 Å². The van der Waals surface area contributed by atoms with Crippen molar-refractivity contribution in [2.24, 2.45) is 0 Å². The van der Waals surface area contributed by atoms with E-state index in [9.17, 15) is 4.79 Å². The summed E-state index contributed by atoms with van der Waals surface area (Å²) in [5.74, 6) is 0. The van der Waals surface area contributed by atoms with Crippen molar-refractivity contribution in [3.8, 4) is 0 Å². The van der Waals surface area contributed by atoms with Crippen molar-refractivity contribution in [2.45, 2.75) is 58.5 Å². The topological polar surface area (TPSA) is 58.2 Å². The van der Waals surface area contributed by atoms with E-state index in [4.69, 9.17) is 16.3 Å². The van der Waals surface area contributed by atoms with Gasteiger partial charge in [-0.15, -0.1) is 0 Å². The van der Waals surface area contributed by atoms with Crippen molar-refractivity contribution in [3.05, 3.63) is 34.2 Å². The minimum Gasteiger partial charge on any atom is -0.444 e. The molecule has 0 saturated heterocycles. The van der Waals surface area contributed by atoms with Gasteiger partial charge in [-0.2, -0.15) is 0 Å². The van der Waals surface area contributed by atoms with E-state index in [1.807, 2.05) is 27.0 Å². The molecule has 144 valence electrons. The number of fused-ring (bicyclic) bond motifs is 3. The average molecular weight is 388 g/mol. The third kappa shape index (κ3) is 3.57. The molecule has 27 heavy (non-hydrogen) atoms. The summed E-state index contributed by atoms with van der Waals surface area (Å²) >= 11 is 6.39. The number of ether oxygens (including phenoxy) is 1. The number of aryl methyl sites for hydroxylation is 2. The van der Waals surface area contributed by atoms with E-state index in [0.717, 1.165) is 35.9 Å². The first-order valence-electron chi connectivity index (χ1n) is 9.69. The molecule has 1 aliphatic heterocycles. The molecule has 0 bridgehead atoms. The van der Waals surface area contributed by atoms with Gasteiger partial charge in [0.05, 0.1) is 5.52 Å². The second kappa shape index (κ2) is 6.86. The zero-order chi connectivity index (χ0) is 19.2. The highest BCUT2D eigenvalue weighted by molar-refractivity contribution is 6.34. The first-order chi connectivity index (χ1) is 12.8. The fourth-order valence-corrected chi connectivity index (χ4v) is 4.24. The Hall–Kier alpha value is -2.01. The Kier molecular flexibility index (Phi) is 4.66. The molecule has 2 aromatic heterocycles. The second-order valence-corrected chi connectivity index (χ2v) is 8.78. The number of nitrogens with one attached hydrogen (secondary N) is 1. The summed E-state index contributed by atoms with van der Waals surface area (Å²) < 4.78 is 5.56. The van der Waals surface area contributed by atoms with E-state index in [0.29, 0.717) is 18.2 Å². The van der Waals surface area contributed by atoms with Gasteiger partial charge in [0, 0.05) is 35.9 Å². The lowest BCUT2D eigenvalue weighted by molar-refractivity contribution is 0.0273. The Balaban J connectivity index is 1.70. The molecule has 1 aliphatic carbocycles. The Bertz CT molecular complexity index is 924. The van der Waals surface area contributed by atoms with Gasteiger partial charge in [-0.05, 0) is 64.0 Å². The minimum atomic E-state index is -0.493. The predicted octanol–water partition coefficient (Wildman–Crippen LogP) is 5.12. The molecule has 0 saturated carbocycles. The van der Waals surface area contributed by atoms with Gasteiger partial charge in [-0.25, -0.2) is 9.78 Å². The molecule has 2 aromatic rings. The van der Waals surface area contributed by atoms with Gasteiger partial charge in [-0.1, -0.05) is 17.7 Å². The third-order valence-corrected chi connectivity index (χ3v) is 5.51. The van der Waals surface area contributed by atoms with E-state index in [1.165, 1.54) is 29.5 Å². The molecule has 0 fully saturated rings. The van der Waals surface area contributed by atoms with Gasteiger partial charge in [0.25, 0.3) is 0 Å². The van der Waals surface area contributed by atoms with Crippen LogP contribution < -0.4 is 0 Å². The predicted molar refractivity (Wildman–Crippen MR) is 108 cm³/mol. The molecule has 2 aliphatic rings. The summed E-state index contributed by atoms with van der Waals surface area (Å²) in [7, 11) is 0. The summed E-state index contributed by atoms with van der Waals surface area (Å²) in [6.07, 6.45) is 9.14. The lowest BCUT2D eigenvalue weighted by atomic mass is 9.91. The highest BCUT2D eigenvalue weighted by Crippen LogP contribution is 2.37. The molecule has 0 radical (unpaired) electrons. The summed E-state index contributed by atoms with van der Waals surface area (Å²) in [6, 6.07) is 0. The Morgan fingerprint density at radius 2 is 2.07 bits per heavy atom. The molecule has 1 N–H and O–H groups in total. The number of aromatic nitrogens is 2. The first kappa shape index (κ1) is 18.4. The molecule has 5 nitrogen and oxygen atoms in total. The van der Waals surface area contributed by atoms with Gasteiger partial charge >= 0.3 is 6.09 Å². The number of carbonyl (C=O) groups is 1. The fourth-order valence-electron chi connectivity index (χ4n) is 4.05. The van der Waals surface area contributed by atoms with Crippen LogP contribution in [-0.4, -0.2) is 39.7 Å². The highest BCUT2D eigenvalue weighted by Gasteiger charge is 2.27. The smallest absolute Gasteiger partial charge is 0.410 e. The zero-order valence-corrected chi connectivity index (χ0v) is 16.9. The number of carbonyl (C=O) groups excluding carboxylic acids is 1. The van der Waals surface area contributed by atoms with Crippen LogP contribution in [0, 0.1) is 0 Å². The Morgan fingerprint density at radius 1 is 1.30 bits per heavy atom. The van der Waals surface area contributed by atoms with E-state index >= 15 is 0 Å². The quantitative estimate of drug-likeness (QED) is 0.691. The number of rotatable bonds is 1. The minimum absolute atomic E-state index is 0.262. The van der Waals surface area contributed by atoms with Crippen LogP contribution >= 0.6 is 11.6 Å². The number of H-pyrrole nitrogens is 1. The van der Waals surface area contributed by atoms with Crippen LogP contribution in [0.25, 0.3) is 16.5 Å². The second-order valence-electron chi connectivity index (χ2n) is 8.42. The largest absolute Gasteiger partial charge is 0.444 e. The number of amides is 1. The number of nitrogens with zero attached hydrogens (tertiary/aromatic N) is 2. The maximum absolute atomic E-state index is 12.5. The highest BCUT2D eigenvalue weighted by atomic mass is 35.5. The lowest BCUT2D eigenvalue weighted by Gasteiger charge is -2.30. The monoisotopic (exact) mass is 387 g/mol. The van der Waals surface area contributed by atoms with Gasteiger partial charge < -0.3 is 14.6 Å². The average Bonchev–Trinajstić information content (AvgIpc) is 3.01. The molecule has 0 unspecified atom stereocenters. The third-order valence-electron chi connectivity index (χ3n) is 5.23. The van der Waals surface area contributed by atoms with Crippen LogP contribution in [0.2, 0.25) is 5.15 Å². The van der Waals surface area contributed by atoms with Crippen LogP contribution in [0.15, 0.2) is 12.3 Å². The van der Waals surface area contributed by atoms with Crippen molar-refractivity contribution in [1.29, 1.82) is 0 Å². The summed E-state index contributed by atoms with van der Waals surface area (Å²) in [4.78, 5) is 22.2. The summed E-state index contributed by atoms with van der Waals surface area (Å²) in [5, 5.41) is 1.70. The molecular formula is C21H26ClN3O2. The van der Waals surface area contributed by atoms with Crippen LogP contribution in [-0.2, 0) is 17.6 Å². The van der Waals surface area contributed by atoms with Crippen molar-refractivity contribution >= 4 is 34.2 Å². The van der Waals surface area contributed by atoms with E-state index < -0.39 is 5.60 Å². The Morgan fingerprint density at radius 3 is 2.85 bits per heavy atom. The molecule has 0 atom stereocenters. The maximum atomic E-state index is 12.5. The van der Waals surface area contributed by atoms with Crippen molar-refractivity contribution in [3.63, 3.8) is 0 Å². The molecular weight excluding hydrogens is 362 g/mol. The van der Waals surface area contributed by atoms with Crippen LogP contribution in [0.4, 0.5) is 4.79 Å². The van der Waals surface area contributed by atoms with Gasteiger partial charge in [0.1, 0.15) is 5.60 Å². The van der Waals surface area contributed by atoms with E-state index in [2.05, 4.69) is 16.0 Å². The van der Waals surface area contributed by atoms with Crippen LogP contribution in [0.3, 0.4) is 0 Å². The van der Waals surface area contributed by atoms with Crippen LogP contribution in [0.5, 0.6) is 0 Å². The molecule has 0 aromatic carbocycles. The number of hydrogen-bond donors (Lipinski definition) is 1. The summed E-state index contributed by atoms with van der Waals surface area (Å²) in [5.41, 5.74) is 5.29. The number of aromatic amines is 1. The standard InChI is InChI=1S/C21H26ClN3O2/c1-21(2,3)27-20(26)25-10-6-7-13(12-25)15-11-23-19(22)18-17(15)14-8-4-5-9-16(14)24-18/h7,11,24H,4-6,8-10,12H2,1-3H3. The molecule has 0 spiro atoms. The van der Waals surface area contributed by atoms with E-state index in [-0.39, 0.29) is 6.09 Å². The molecule has 4 rings (SSSR count). The van der Waals surface area contributed by atoms with Crippen LogP contribution in [0.1, 0.15) is 56.9 Å². The van der Waals surface area contributed by atoms with Crippen molar-refractivity contribution in [2.75, 3.05) is 13.1 Å². The summed E-state index contributed by atoms with van der Waals surface area (Å²) in [6.45, 7) is 6.89. The van der Waals surface area contributed by atoms with Gasteiger partial charge in [-0.3, -0.25) is 0 Å². The number of hydrogen-bond acceptors (Lipinski definition) is 3. The maximum Gasteiger partial charge on any atom is 0.410 e. The van der Waals surface area contributed by atoms with Crippen molar-refractivity contribution in [1.82, 2.24) is 14.9 Å².